The molecule has 8 heteroatoms. The molecule has 1 aliphatic heterocycles. The third-order valence-corrected chi connectivity index (χ3v) is 3.32. The monoisotopic (exact) mass is 302 g/mol. The first-order chi connectivity index (χ1) is 9.85. The van der Waals surface area contributed by atoms with Crippen LogP contribution in [0.1, 0.15) is 5.56 Å². The molecule has 1 fully saturated rings. The fourth-order valence-electron chi connectivity index (χ4n) is 2.17. The van der Waals surface area contributed by atoms with Crippen LogP contribution in [-0.4, -0.2) is 68.0 Å². The predicted octanol–water partition coefficient (Wildman–Crippen LogP) is -1.42. The third-order valence-electron chi connectivity index (χ3n) is 3.32. The zero-order valence-electron chi connectivity index (χ0n) is 11.2. The molecule has 8 nitrogen and oxygen atoms in total. The van der Waals surface area contributed by atoms with Gasteiger partial charge in [0.15, 0.2) is 11.5 Å². The minimum Gasteiger partial charge on any atom is -0.508 e. The highest BCUT2D eigenvalue weighted by molar-refractivity contribution is 5.49. The molecule has 1 aliphatic rings. The van der Waals surface area contributed by atoms with Crippen LogP contribution >= 0.6 is 0 Å². The largest absolute Gasteiger partial charge is 0.508 e. The van der Waals surface area contributed by atoms with Crippen LogP contribution in [0.5, 0.6) is 17.2 Å². The SMILES string of the molecule is Cc1cc(O)cc(O)c1OC1OC(CO)C(O)C(O)C1O. The van der Waals surface area contributed by atoms with Crippen LogP contribution in [0.3, 0.4) is 0 Å². The Morgan fingerprint density at radius 3 is 2.33 bits per heavy atom. The van der Waals surface area contributed by atoms with Crippen molar-refractivity contribution in [2.24, 2.45) is 0 Å². The van der Waals surface area contributed by atoms with Crippen molar-refractivity contribution in [3.8, 4) is 17.2 Å². The first-order valence-electron chi connectivity index (χ1n) is 6.35. The maximum Gasteiger partial charge on any atom is 0.229 e. The molecule has 118 valence electrons. The molecule has 1 heterocycles. The predicted molar refractivity (Wildman–Crippen MR) is 68.9 cm³/mol. The van der Waals surface area contributed by atoms with E-state index in [1.807, 2.05) is 0 Å². The second-order valence-corrected chi connectivity index (χ2v) is 4.93. The number of hydrogen-bond donors (Lipinski definition) is 6. The van der Waals surface area contributed by atoms with Gasteiger partial charge in [0.1, 0.15) is 30.2 Å². The lowest BCUT2D eigenvalue weighted by Gasteiger charge is -2.39. The molecule has 0 aromatic heterocycles. The van der Waals surface area contributed by atoms with Crippen LogP contribution in [0.2, 0.25) is 0 Å². The fourth-order valence-corrected chi connectivity index (χ4v) is 2.17. The molecule has 0 radical (unpaired) electrons. The molecule has 0 bridgehead atoms. The van der Waals surface area contributed by atoms with E-state index in [0.717, 1.165) is 6.07 Å². The maximum atomic E-state index is 9.85. The van der Waals surface area contributed by atoms with Gasteiger partial charge in [0, 0.05) is 6.07 Å². The topological polar surface area (TPSA) is 140 Å². The molecule has 6 N–H and O–H groups in total. The van der Waals surface area contributed by atoms with Gasteiger partial charge in [-0.1, -0.05) is 0 Å². The Labute approximate surface area is 120 Å². The summed E-state index contributed by atoms with van der Waals surface area (Å²) in [6.45, 7) is 0.976. The number of ether oxygens (including phenoxy) is 2. The Morgan fingerprint density at radius 2 is 1.76 bits per heavy atom. The zero-order valence-corrected chi connectivity index (χ0v) is 11.2. The van der Waals surface area contributed by atoms with E-state index in [-0.39, 0.29) is 17.2 Å². The van der Waals surface area contributed by atoms with Crippen molar-refractivity contribution in [2.45, 2.75) is 37.6 Å². The van der Waals surface area contributed by atoms with Crippen LogP contribution < -0.4 is 4.74 Å². The van der Waals surface area contributed by atoms with E-state index >= 15 is 0 Å². The number of aliphatic hydroxyl groups excluding tert-OH is 4. The molecule has 0 spiro atoms. The summed E-state index contributed by atoms with van der Waals surface area (Å²) in [5.41, 5.74) is 0.379. The number of aryl methyl sites for hydroxylation is 1. The van der Waals surface area contributed by atoms with Crippen LogP contribution in [-0.2, 0) is 4.74 Å². The molecular weight excluding hydrogens is 284 g/mol. The van der Waals surface area contributed by atoms with E-state index < -0.39 is 37.3 Å². The lowest BCUT2D eigenvalue weighted by atomic mass is 9.99. The normalized spacial score (nSPS) is 32.9. The van der Waals surface area contributed by atoms with Gasteiger partial charge in [0.05, 0.1) is 6.61 Å². The number of aromatic hydroxyl groups is 2. The van der Waals surface area contributed by atoms with Gasteiger partial charge in [-0.3, -0.25) is 0 Å². The summed E-state index contributed by atoms with van der Waals surface area (Å²) in [6.07, 6.45) is -7.13. The number of phenols is 2. The van der Waals surface area contributed by atoms with Gasteiger partial charge < -0.3 is 40.1 Å². The minimum atomic E-state index is -1.57. The van der Waals surface area contributed by atoms with E-state index in [9.17, 15) is 25.5 Å². The smallest absolute Gasteiger partial charge is 0.229 e. The van der Waals surface area contributed by atoms with Crippen molar-refractivity contribution in [2.75, 3.05) is 6.61 Å². The fraction of sp³-hybridized carbons (Fsp3) is 0.538. The van der Waals surface area contributed by atoms with Crippen LogP contribution in [0, 0.1) is 6.92 Å². The van der Waals surface area contributed by atoms with Crippen molar-refractivity contribution in [1.29, 1.82) is 0 Å². The van der Waals surface area contributed by atoms with Gasteiger partial charge >= 0.3 is 0 Å². The molecule has 0 aliphatic carbocycles. The van der Waals surface area contributed by atoms with Crippen molar-refractivity contribution in [1.82, 2.24) is 0 Å². The van der Waals surface area contributed by atoms with E-state index in [4.69, 9.17) is 14.6 Å². The van der Waals surface area contributed by atoms with E-state index in [1.54, 1.807) is 6.92 Å². The minimum absolute atomic E-state index is 0.0443. The second kappa shape index (κ2) is 6.04. The van der Waals surface area contributed by atoms with Crippen molar-refractivity contribution >= 4 is 0 Å². The molecule has 1 aromatic carbocycles. The lowest BCUT2D eigenvalue weighted by molar-refractivity contribution is -0.277. The summed E-state index contributed by atoms with van der Waals surface area (Å²) in [6, 6.07) is 2.38. The first-order valence-corrected chi connectivity index (χ1v) is 6.35. The molecule has 1 aromatic rings. The molecule has 5 atom stereocenters. The number of phenolic OH excluding ortho intramolecular Hbond substituents is 2. The molecular formula is C13H18O8. The Kier molecular flexibility index (Phi) is 4.55. The van der Waals surface area contributed by atoms with Gasteiger partial charge in [0.2, 0.25) is 6.29 Å². The van der Waals surface area contributed by atoms with Gasteiger partial charge in [-0.2, -0.15) is 0 Å². The van der Waals surface area contributed by atoms with E-state index in [0.29, 0.717) is 5.56 Å². The van der Waals surface area contributed by atoms with Crippen LogP contribution in [0.25, 0.3) is 0 Å². The number of benzene rings is 1. The van der Waals surface area contributed by atoms with Gasteiger partial charge in [-0.15, -0.1) is 0 Å². The van der Waals surface area contributed by atoms with Crippen molar-refractivity contribution in [3.05, 3.63) is 17.7 Å². The summed E-state index contributed by atoms with van der Waals surface area (Å²) in [7, 11) is 0. The molecule has 21 heavy (non-hydrogen) atoms. The standard InChI is InChI=1S/C13H18O8/c1-5-2-6(15)3-7(16)12(5)21-13-11(19)10(18)9(17)8(4-14)20-13/h2-3,8-11,13-19H,4H2,1H3. The molecule has 0 amide bonds. The summed E-state index contributed by atoms with van der Waals surface area (Å²) < 4.78 is 10.5. The summed E-state index contributed by atoms with van der Waals surface area (Å²) in [5, 5.41) is 57.3. The highest BCUT2D eigenvalue weighted by Crippen LogP contribution is 2.36. The lowest BCUT2D eigenvalue weighted by Crippen LogP contribution is -2.60. The number of rotatable bonds is 3. The quantitative estimate of drug-likeness (QED) is 0.400. The van der Waals surface area contributed by atoms with E-state index in [1.165, 1.54) is 6.07 Å². The van der Waals surface area contributed by atoms with Crippen molar-refractivity contribution < 1.29 is 40.1 Å². The Bertz CT molecular complexity index is 480. The Morgan fingerprint density at radius 1 is 1.10 bits per heavy atom. The van der Waals surface area contributed by atoms with Crippen LogP contribution in [0.4, 0.5) is 0 Å². The molecule has 1 saturated heterocycles. The first kappa shape index (κ1) is 15.8. The van der Waals surface area contributed by atoms with Gasteiger partial charge in [-0.25, -0.2) is 0 Å². The summed E-state index contributed by atoms with van der Waals surface area (Å²) in [4.78, 5) is 0. The average molecular weight is 302 g/mol. The molecule has 5 unspecified atom stereocenters. The van der Waals surface area contributed by atoms with Gasteiger partial charge in [-0.05, 0) is 18.6 Å². The van der Waals surface area contributed by atoms with E-state index in [2.05, 4.69) is 0 Å². The molecule has 0 saturated carbocycles. The van der Waals surface area contributed by atoms with Crippen LogP contribution in [0.15, 0.2) is 12.1 Å². The number of aliphatic hydroxyl groups is 4. The highest BCUT2D eigenvalue weighted by Gasteiger charge is 2.45. The highest BCUT2D eigenvalue weighted by atomic mass is 16.7. The Hall–Kier alpha value is -1.58. The average Bonchev–Trinajstić information content (AvgIpc) is 2.42. The Balaban J connectivity index is 2.22. The summed E-state index contributed by atoms with van der Waals surface area (Å²) >= 11 is 0. The van der Waals surface area contributed by atoms with Gasteiger partial charge in [0.25, 0.3) is 0 Å². The third kappa shape index (κ3) is 3.04. The summed E-state index contributed by atoms with van der Waals surface area (Å²) in [5.74, 6) is -0.576. The molecule has 2 rings (SSSR count). The second-order valence-electron chi connectivity index (χ2n) is 4.93. The maximum absolute atomic E-state index is 9.85. The number of hydrogen-bond acceptors (Lipinski definition) is 8. The zero-order chi connectivity index (χ0) is 15.7. The van der Waals surface area contributed by atoms with Crippen molar-refractivity contribution in [3.63, 3.8) is 0 Å².